The molecule has 19 heavy (non-hydrogen) atoms. The highest BCUT2D eigenvalue weighted by atomic mass is 35.5. The van der Waals surface area contributed by atoms with Crippen LogP contribution < -0.4 is 10.2 Å². The molecular formula is C13H10ClN3O2. The molecule has 0 unspecified atom stereocenters. The van der Waals surface area contributed by atoms with Gasteiger partial charge in [0.1, 0.15) is 11.6 Å². The summed E-state index contributed by atoms with van der Waals surface area (Å²) < 4.78 is 0. The number of fused-ring (bicyclic) bond motifs is 1. The second kappa shape index (κ2) is 4.75. The van der Waals surface area contributed by atoms with Gasteiger partial charge in [0.15, 0.2) is 0 Å². The molecule has 0 atom stereocenters. The third-order valence-corrected chi connectivity index (χ3v) is 3.16. The average molecular weight is 276 g/mol. The fourth-order valence-electron chi connectivity index (χ4n) is 1.98. The van der Waals surface area contributed by atoms with Gasteiger partial charge in [0.2, 0.25) is 0 Å². The number of amides is 2. The summed E-state index contributed by atoms with van der Waals surface area (Å²) in [7, 11) is 2.99. The second-order valence-corrected chi connectivity index (χ2v) is 4.40. The molecule has 5 nitrogen and oxygen atoms in total. The highest BCUT2D eigenvalue weighted by molar-refractivity contribution is 6.38. The van der Waals surface area contributed by atoms with Crippen LogP contribution in [0.15, 0.2) is 23.8 Å². The van der Waals surface area contributed by atoms with Crippen molar-refractivity contribution in [2.75, 3.05) is 19.0 Å². The highest BCUT2D eigenvalue weighted by Gasteiger charge is 2.34. The number of hydrogen-bond acceptors (Lipinski definition) is 3. The van der Waals surface area contributed by atoms with Crippen molar-refractivity contribution in [3.05, 3.63) is 34.4 Å². The summed E-state index contributed by atoms with van der Waals surface area (Å²) in [5.41, 5.74) is 1.00. The van der Waals surface area contributed by atoms with E-state index in [1.807, 2.05) is 0 Å². The molecule has 0 radical (unpaired) electrons. The molecule has 2 amide bonds. The fourth-order valence-corrected chi connectivity index (χ4v) is 2.15. The molecule has 96 valence electrons. The van der Waals surface area contributed by atoms with E-state index in [0.717, 1.165) is 0 Å². The molecule has 6 heteroatoms. The molecule has 1 aromatic rings. The maximum atomic E-state index is 12.2. The number of carbonyl (C=O) groups excluding carboxylic acids is 2. The van der Waals surface area contributed by atoms with E-state index in [1.165, 1.54) is 11.9 Å². The van der Waals surface area contributed by atoms with Crippen LogP contribution in [0.25, 0.3) is 5.57 Å². The number of hydrogen-bond donors (Lipinski definition) is 1. The molecular weight excluding hydrogens is 266 g/mol. The van der Waals surface area contributed by atoms with Gasteiger partial charge in [-0.2, -0.15) is 5.26 Å². The Morgan fingerprint density at radius 3 is 2.74 bits per heavy atom. The molecule has 0 aromatic heterocycles. The Morgan fingerprint density at radius 2 is 2.16 bits per heavy atom. The zero-order chi connectivity index (χ0) is 14.2. The summed E-state index contributed by atoms with van der Waals surface area (Å²) in [5.74, 6) is -0.982. The van der Waals surface area contributed by atoms with Gasteiger partial charge in [0.05, 0.1) is 11.3 Å². The van der Waals surface area contributed by atoms with Crippen LogP contribution in [0.3, 0.4) is 0 Å². The minimum absolute atomic E-state index is 0.0850. The van der Waals surface area contributed by atoms with Gasteiger partial charge in [-0.05, 0) is 18.2 Å². The first-order valence-electron chi connectivity index (χ1n) is 5.45. The average Bonchev–Trinajstić information content (AvgIpc) is 2.64. The smallest absolute Gasteiger partial charge is 0.262 e. The van der Waals surface area contributed by atoms with Gasteiger partial charge < -0.3 is 10.2 Å². The SMILES string of the molecule is CNC(=O)C(C#N)=C1C(=O)N(C)c2ccc(Cl)cc21. The lowest BCUT2D eigenvalue weighted by Crippen LogP contribution is -2.25. The first kappa shape index (κ1) is 13.1. The van der Waals surface area contributed by atoms with Gasteiger partial charge in [-0.25, -0.2) is 0 Å². The predicted molar refractivity (Wildman–Crippen MR) is 71.5 cm³/mol. The van der Waals surface area contributed by atoms with E-state index in [0.29, 0.717) is 16.3 Å². The van der Waals surface area contributed by atoms with Crippen molar-refractivity contribution >= 4 is 34.7 Å². The number of rotatable bonds is 1. The van der Waals surface area contributed by atoms with Crippen molar-refractivity contribution in [1.29, 1.82) is 5.26 Å². The third-order valence-electron chi connectivity index (χ3n) is 2.92. The molecule has 1 aromatic carbocycles. The number of nitriles is 1. The van der Waals surface area contributed by atoms with Crippen LogP contribution in [0.5, 0.6) is 0 Å². The number of benzene rings is 1. The Morgan fingerprint density at radius 1 is 1.47 bits per heavy atom. The molecule has 2 rings (SSSR count). The van der Waals surface area contributed by atoms with Crippen molar-refractivity contribution < 1.29 is 9.59 Å². The molecule has 0 bridgehead atoms. The quantitative estimate of drug-likeness (QED) is 0.621. The van der Waals surface area contributed by atoms with Gasteiger partial charge >= 0.3 is 0 Å². The number of halogens is 1. The fraction of sp³-hybridized carbons (Fsp3) is 0.154. The van der Waals surface area contributed by atoms with Crippen LogP contribution in [0.1, 0.15) is 5.56 Å². The van der Waals surface area contributed by atoms with Gasteiger partial charge in [-0.15, -0.1) is 0 Å². The monoisotopic (exact) mass is 275 g/mol. The summed E-state index contributed by atoms with van der Waals surface area (Å²) in [6.07, 6.45) is 0. The first-order valence-corrected chi connectivity index (χ1v) is 5.83. The lowest BCUT2D eigenvalue weighted by molar-refractivity contribution is -0.117. The third kappa shape index (κ3) is 1.96. The van der Waals surface area contributed by atoms with Gasteiger partial charge in [-0.3, -0.25) is 9.59 Å². The van der Waals surface area contributed by atoms with E-state index in [1.54, 1.807) is 31.3 Å². The van der Waals surface area contributed by atoms with Crippen molar-refractivity contribution in [3.8, 4) is 6.07 Å². The van der Waals surface area contributed by atoms with Crippen molar-refractivity contribution in [1.82, 2.24) is 5.32 Å². The van der Waals surface area contributed by atoms with E-state index in [4.69, 9.17) is 16.9 Å². The molecule has 0 saturated carbocycles. The molecule has 1 aliphatic rings. The number of carbonyl (C=O) groups is 2. The van der Waals surface area contributed by atoms with E-state index >= 15 is 0 Å². The zero-order valence-corrected chi connectivity index (χ0v) is 11.1. The molecule has 0 fully saturated rings. The van der Waals surface area contributed by atoms with E-state index in [2.05, 4.69) is 5.32 Å². The minimum Gasteiger partial charge on any atom is -0.354 e. The Balaban J connectivity index is 2.76. The molecule has 1 N–H and O–H groups in total. The van der Waals surface area contributed by atoms with Crippen LogP contribution in [-0.4, -0.2) is 25.9 Å². The minimum atomic E-state index is -0.591. The maximum absolute atomic E-state index is 12.2. The van der Waals surface area contributed by atoms with Crippen molar-refractivity contribution in [3.63, 3.8) is 0 Å². The van der Waals surface area contributed by atoms with Crippen LogP contribution >= 0.6 is 11.6 Å². The van der Waals surface area contributed by atoms with E-state index in [9.17, 15) is 9.59 Å². The van der Waals surface area contributed by atoms with Crippen molar-refractivity contribution in [2.24, 2.45) is 0 Å². The van der Waals surface area contributed by atoms with Crippen LogP contribution in [-0.2, 0) is 9.59 Å². The molecule has 0 aliphatic carbocycles. The number of nitrogens with one attached hydrogen (secondary N) is 1. The van der Waals surface area contributed by atoms with Crippen molar-refractivity contribution in [2.45, 2.75) is 0 Å². The Bertz CT molecular complexity index is 658. The summed E-state index contributed by atoms with van der Waals surface area (Å²) >= 11 is 5.91. The molecule has 1 heterocycles. The Hall–Kier alpha value is -2.32. The standard InChI is InChI=1S/C13H10ClN3O2/c1-16-12(18)9(6-15)11-8-5-7(14)3-4-10(8)17(2)13(11)19/h3-5H,1-2H3,(H,16,18). The first-order chi connectivity index (χ1) is 9.01. The number of anilines is 1. The molecule has 1 aliphatic heterocycles. The molecule has 0 spiro atoms. The number of nitrogens with zero attached hydrogens (tertiary/aromatic N) is 2. The van der Waals surface area contributed by atoms with Gasteiger partial charge in [0.25, 0.3) is 11.8 Å². The second-order valence-electron chi connectivity index (χ2n) is 3.97. The number of likely N-dealkylation sites (N-methyl/N-ethyl adjacent to an activating group) is 2. The lowest BCUT2D eigenvalue weighted by Gasteiger charge is -2.08. The summed E-state index contributed by atoms with van der Waals surface area (Å²) in [4.78, 5) is 25.3. The van der Waals surface area contributed by atoms with Crippen LogP contribution in [0, 0.1) is 11.3 Å². The maximum Gasteiger partial charge on any atom is 0.262 e. The van der Waals surface area contributed by atoms with E-state index < -0.39 is 11.8 Å². The predicted octanol–water partition coefficient (Wildman–Crippen LogP) is 1.34. The zero-order valence-electron chi connectivity index (χ0n) is 10.3. The summed E-state index contributed by atoms with van der Waals surface area (Å²) in [6, 6.07) is 6.69. The highest BCUT2D eigenvalue weighted by Crippen LogP contribution is 2.38. The normalized spacial score (nSPS) is 15.9. The summed E-state index contributed by atoms with van der Waals surface area (Å²) in [5, 5.41) is 11.9. The van der Waals surface area contributed by atoms with Crippen LogP contribution in [0.4, 0.5) is 5.69 Å². The molecule has 0 saturated heterocycles. The lowest BCUT2D eigenvalue weighted by atomic mass is 10.0. The van der Waals surface area contributed by atoms with Crippen LogP contribution in [0.2, 0.25) is 5.02 Å². The Kier molecular flexibility index (Phi) is 3.28. The Labute approximate surface area is 115 Å². The largest absolute Gasteiger partial charge is 0.354 e. The topological polar surface area (TPSA) is 73.2 Å². The van der Waals surface area contributed by atoms with Gasteiger partial charge in [-0.1, -0.05) is 11.6 Å². The van der Waals surface area contributed by atoms with E-state index in [-0.39, 0.29) is 11.1 Å². The summed E-state index contributed by atoms with van der Waals surface area (Å²) in [6.45, 7) is 0. The van der Waals surface area contributed by atoms with Gasteiger partial charge in [0, 0.05) is 24.7 Å².